The maximum Gasteiger partial charge on any atom is 0.275 e. The fraction of sp³-hybridized carbons (Fsp3) is 0.0909. The quantitative estimate of drug-likeness (QED) is 0.643. The molecule has 0 saturated carbocycles. The first kappa shape index (κ1) is 8.96. The molecule has 2 heterocycles. The van der Waals surface area contributed by atoms with E-state index in [9.17, 15) is 9.70 Å². The molecule has 0 saturated heterocycles. The van der Waals surface area contributed by atoms with Crippen LogP contribution in [0.15, 0.2) is 46.2 Å². The highest BCUT2D eigenvalue weighted by molar-refractivity contribution is 5.99. The zero-order valence-electron chi connectivity index (χ0n) is 8.18. The molecule has 78 valence electrons. The van der Waals surface area contributed by atoms with Crippen molar-refractivity contribution in [1.82, 2.24) is 5.32 Å². The van der Waals surface area contributed by atoms with E-state index in [0.29, 0.717) is 0 Å². The average Bonchev–Trinajstić information content (AvgIpc) is 2.65. The Kier molecular flexibility index (Phi) is 1.73. The number of nitrogens with one attached hydrogen (secondary N) is 1. The van der Waals surface area contributed by atoms with Crippen molar-refractivity contribution in [2.75, 3.05) is 0 Å². The van der Waals surface area contributed by atoms with E-state index in [2.05, 4.69) is 15.5 Å². The van der Waals surface area contributed by atoms with Gasteiger partial charge in [-0.3, -0.25) is 9.79 Å². The van der Waals surface area contributed by atoms with E-state index in [1.54, 1.807) is 0 Å². The summed E-state index contributed by atoms with van der Waals surface area (Å²) in [5.41, 5.74) is 0.725. The van der Waals surface area contributed by atoms with E-state index >= 15 is 0 Å². The number of amides is 1. The summed E-state index contributed by atoms with van der Waals surface area (Å²) in [5, 5.41) is 7.08. The lowest BCUT2D eigenvalue weighted by molar-refractivity contribution is -0.118. The van der Waals surface area contributed by atoms with Gasteiger partial charge in [-0.05, 0) is 17.3 Å². The zero-order valence-corrected chi connectivity index (χ0v) is 8.18. The third-order valence-electron chi connectivity index (χ3n) is 2.67. The first-order valence-corrected chi connectivity index (χ1v) is 4.82. The highest BCUT2D eigenvalue weighted by atomic mass is 16.3. The molecule has 1 atom stereocenters. The molecule has 5 nitrogen and oxygen atoms in total. The predicted octanol–water partition coefficient (Wildman–Crippen LogP) is -0.423. The largest absolute Gasteiger partial charge is 0.325 e. The van der Waals surface area contributed by atoms with Gasteiger partial charge in [0.25, 0.3) is 5.91 Å². The van der Waals surface area contributed by atoms with Gasteiger partial charge in [0.15, 0.2) is 5.70 Å². The number of para-hydroxylation sites is 1. The van der Waals surface area contributed by atoms with Gasteiger partial charge < -0.3 is 5.32 Å². The van der Waals surface area contributed by atoms with E-state index in [4.69, 9.17) is 0 Å². The van der Waals surface area contributed by atoms with Crippen molar-refractivity contribution < 1.29 is 4.79 Å². The molecular weight excluding hydrogens is 206 g/mol. The van der Waals surface area contributed by atoms with E-state index in [1.807, 2.05) is 24.3 Å². The first-order chi connectivity index (χ1) is 7.79. The van der Waals surface area contributed by atoms with Crippen molar-refractivity contribution in [3.63, 3.8) is 0 Å². The number of hydrogen-bond acceptors (Lipinski definition) is 4. The number of nitroso groups, excluding NO2 is 1. The second kappa shape index (κ2) is 3.10. The topological polar surface area (TPSA) is 70.9 Å². The van der Waals surface area contributed by atoms with Crippen LogP contribution in [0.25, 0.3) is 5.57 Å². The molecule has 0 unspecified atom stereocenters. The molecule has 0 aromatic heterocycles. The van der Waals surface area contributed by atoms with Crippen molar-refractivity contribution in [3.05, 3.63) is 51.5 Å². The minimum atomic E-state index is -0.472. The van der Waals surface area contributed by atoms with Gasteiger partial charge in [0, 0.05) is 10.8 Å². The van der Waals surface area contributed by atoms with Crippen molar-refractivity contribution >= 4 is 11.5 Å². The second-order valence-corrected chi connectivity index (χ2v) is 3.60. The van der Waals surface area contributed by atoms with E-state index in [-0.39, 0.29) is 11.9 Å². The van der Waals surface area contributed by atoms with Gasteiger partial charge in [-0.2, -0.15) is 0 Å². The summed E-state index contributed by atoms with van der Waals surface area (Å²) in [6.07, 6.45) is 1.13. The summed E-state index contributed by atoms with van der Waals surface area (Å²) in [4.78, 5) is 26.2. The van der Waals surface area contributed by atoms with Gasteiger partial charge in [-0.1, -0.05) is 18.2 Å². The predicted molar refractivity (Wildman–Crippen MR) is 56.4 cm³/mol. The first-order valence-electron chi connectivity index (χ1n) is 4.82. The summed E-state index contributed by atoms with van der Waals surface area (Å²) < 4.78 is 0. The summed E-state index contributed by atoms with van der Waals surface area (Å²) in [5.74, 6) is -0.472. The molecule has 1 aromatic rings. The van der Waals surface area contributed by atoms with Crippen LogP contribution in [-0.4, -0.2) is 12.1 Å². The molecule has 16 heavy (non-hydrogen) atoms. The molecule has 1 N–H and O–H groups in total. The Morgan fingerprint density at radius 1 is 1.31 bits per heavy atom. The molecule has 2 aliphatic heterocycles. The molecule has 3 rings (SSSR count). The molecule has 0 radical (unpaired) electrons. The minimum Gasteiger partial charge on any atom is -0.325 e. The van der Waals surface area contributed by atoms with Crippen molar-refractivity contribution in [2.45, 2.75) is 6.17 Å². The third-order valence-corrected chi connectivity index (χ3v) is 2.67. The Hall–Kier alpha value is -2.30. The van der Waals surface area contributed by atoms with Gasteiger partial charge >= 0.3 is 0 Å². The van der Waals surface area contributed by atoms with E-state index in [0.717, 1.165) is 16.1 Å². The van der Waals surface area contributed by atoms with Crippen LogP contribution in [0.1, 0.15) is 0 Å². The summed E-state index contributed by atoms with van der Waals surface area (Å²) in [7, 11) is 0. The molecule has 0 aliphatic carbocycles. The highest BCUT2D eigenvalue weighted by Gasteiger charge is 2.27. The number of rotatable bonds is 1. The van der Waals surface area contributed by atoms with E-state index < -0.39 is 5.91 Å². The van der Waals surface area contributed by atoms with Crippen LogP contribution in [0.4, 0.5) is 0 Å². The number of nitrogens with zero attached hydrogens (tertiary/aromatic N) is 2. The third kappa shape index (κ3) is 1.11. The maximum absolute atomic E-state index is 11.4. The number of carbonyl (C=O) groups excluding carboxylic acids is 1. The Morgan fingerprint density at radius 3 is 2.94 bits per heavy atom. The van der Waals surface area contributed by atoms with Crippen molar-refractivity contribution in [3.8, 4) is 0 Å². The van der Waals surface area contributed by atoms with Crippen LogP contribution in [0.3, 0.4) is 0 Å². The summed E-state index contributed by atoms with van der Waals surface area (Å²) in [6, 6.07) is 7.55. The maximum atomic E-state index is 11.4. The molecule has 5 heteroatoms. The molecule has 0 fully saturated rings. The zero-order chi connectivity index (χ0) is 11.1. The average molecular weight is 213 g/mol. The smallest absolute Gasteiger partial charge is 0.275 e. The Labute approximate surface area is 90.2 Å². The molecular formula is C11H7N3O2. The lowest BCUT2D eigenvalue weighted by atomic mass is 10.1. The standard InChI is InChI=1S/C11H7N3O2/c15-11-9(14-16)5-7-6-3-1-2-4-8(6)12-10(7)13-11/h1-5,10H,(H,13,15)/t10-/m1/s1. The van der Waals surface area contributed by atoms with Gasteiger partial charge in [-0.25, -0.2) is 0 Å². The fourth-order valence-corrected chi connectivity index (χ4v) is 1.93. The molecule has 0 bridgehead atoms. The fourth-order valence-electron chi connectivity index (χ4n) is 1.93. The highest BCUT2D eigenvalue weighted by Crippen LogP contribution is 2.17. The Balaban J connectivity index is 2.32. The Bertz CT molecular complexity index is 645. The lowest BCUT2D eigenvalue weighted by Gasteiger charge is -2.16. The van der Waals surface area contributed by atoms with Crippen LogP contribution in [0, 0.1) is 4.91 Å². The molecule has 1 amide bonds. The normalized spacial score (nSPS) is 21.5. The molecule has 2 aliphatic rings. The van der Waals surface area contributed by atoms with E-state index in [1.165, 1.54) is 6.08 Å². The number of hydrogen-bond donors (Lipinski definition) is 1. The number of fused-ring (bicyclic) bond motifs is 2. The van der Waals surface area contributed by atoms with Crippen LogP contribution in [-0.2, 0) is 4.79 Å². The minimum absolute atomic E-state index is 0.0989. The SMILES string of the molecule is O=NC1=CC2=c3ccccc3=N[C@@H]2NC1=O. The monoisotopic (exact) mass is 213 g/mol. The number of carbonyl (C=O) groups is 1. The van der Waals surface area contributed by atoms with Crippen molar-refractivity contribution in [2.24, 2.45) is 10.2 Å². The van der Waals surface area contributed by atoms with Crippen LogP contribution >= 0.6 is 0 Å². The van der Waals surface area contributed by atoms with Gasteiger partial charge in [0.1, 0.15) is 6.17 Å². The number of benzene rings is 1. The van der Waals surface area contributed by atoms with Gasteiger partial charge in [0.05, 0.1) is 5.36 Å². The van der Waals surface area contributed by atoms with Crippen molar-refractivity contribution in [1.29, 1.82) is 0 Å². The summed E-state index contributed by atoms with van der Waals surface area (Å²) >= 11 is 0. The lowest BCUT2D eigenvalue weighted by Crippen LogP contribution is -2.38. The molecule has 0 spiro atoms. The van der Waals surface area contributed by atoms with Crippen LogP contribution < -0.4 is 15.9 Å². The summed E-state index contributed by atoms with van der Waals surface area (Å²) in [6.45, 7) is 0. The Morgan fingerprint density at radius 2 is 2.12 bits per heavy atom. The van der Waals surface area contributed by atoms with Crippen LogP contribution in [0.2, 0.25) is 0 Å². The molecule has 1 aromatic carbocycles. The second-order valence-electron chi connectivity index (χ2n) is 3.60. The van der Waals surface area contributed by atoms with Gasteiger partial charge in [-0.15, -0.1) is 4.91 Å². The van der Waals surface area contributed by atoms with Crippen LogP contribution in [0.5, 0.6) is 0 Å². The van der Waals surface area contributed by atoms with Gasteiger partial charge in [0.2, 0.25) is 0 Å².